The molecule has 11 heavy (non-hydrogen) atoms. The standard InChI is InChI=1S/C6H11NO4/c8-7(9)3-6-4-10-1-2-11-5-6/h6H,1-5H2. The maximum Gasteiger partial charge on any atom is 0.211 e. The molecule has 1 heterocycles. The third kappa shape index (κ3) is 3.29. The molecular weight excluding hydrogens is 150 g/mol. The summed E-state index contributed by atoms with van der Waals surface area (Å²) in [6.07, 6.45) is 0. The van der Waals surface area contributed by atoms with Crippen molar-refractivity contribution in [2.75, 3.05) is 33.0 Å². The zero-order valence-corrected chi connectivity index (χ0v) is 6.19. The molecule has 5 heteroatoms. The summed E-state index contributed by atoms with van der Waals surface area (Å²) >= 11 is 0. The molecule has 0 saturated carbocycles. The predicted octanol–water partition coefficient (Wildman–Crippen LogP) is -0.0739. The molecule has 0 bridgehead atoms. The van der Waals surface area contributed by atoms with Crippen molar-refractivity contribution in [1.82, 2.24) is 0 Å². The van der Waals surface area contributed by atoms with E-state index in [1.807, 2.05) is 0 Å². The lowest BCUT2D eigenvalue weighted by Gasteiger charge is -2.06. The van der Waals surface area contributed by atoms with Crippen LogP contribution >= 0.6 is 0 Å². The van der Waals surface area contributed by atoms with Crippen molar-refractivity contribution in [3.05, 3.63) is 10.1 Å². The quantitative estimate of drug-likeness (QED) is 0.420. The first-order chi connectivity index (χ1) is 5.29. The maximum atomic E-state index is 10.1. The molecule has 64 valence electrons. The van der Waals surface area contributed by atoms with Crippen molar-refractivity contribution in [1.29, 1.82) is 0 Å². The molecular formula is C6H11NO4. The predicted molar refractivity (Wildman–Crippen MR) is 37.0 cm³/mol. The Hall–Kier alpha value is -0.680. The second-order valence-electron chi connectivity index (χ2n) is 2.53. The van der Waals surface area contributed by atoms with Gasteiger partial charge >= 0.3 is 0 Å². The van der Waals surface area contributed by atoms with Gasteiger partial charge in [0.15, 0.2) is 0 Å². The van der Waals surface area contributed by atoms with Crippen LogP contribution in [0, 0.1) is 16.0 Å². The van der Waals surface area contributed by atoms with Crippen LogP contribution in [0.1, 0.15) is 0 Å². The largest absolute Gasteiger partial charge is 0.378 e. The van der Waals surface area contributed by atoms with Crippen molar-refractivity contribution in [2.45, 2.75) is 0 Å². The minimum atomic E-state index is -0.331. The summed E-state index contributed by atoms with van der Waals surface area (Å²) < 4.78 is 10.2. The second kappa shape index (κ2) is 4.25. The van der Waals surface area contributed by atoms with E-state index in [4.69, 9.17) is 9.47 Å². The van der Waals surface area contributed by atoms with Crippen LogP contribution in [-0.2, 0) is 9.47 Å². The summed E-state index contributed by atoms with van der Waals surface area (Å²) in [5.41, 5.74) is 0. The van der Waals surface area contributed by atoms with Crippen molar-refractivity contribution in [3.63, 3.8) is 0 Å². The third-order valence-electron chi connectivity index (χ3n) is 1.49. The molecule has 5 nitrogen and oxygen atoms in total. The lowest BCUT2D eigenvalue weighted by molar-refractivity contribution is -0.489. The molecule has 0 amide bonds. The SMILES string of the molecule is O=[N+]([O-])CC1COCCOC1. The Morgan fingerprint density at radius 2 is 1.91 bits per heavy atom. The van der Waals surface area contributed by atoms with Gasteiger partial charge < -0.3 is 9.47 Å². The number of nitrogens with zero attached hydrogens (tertiary/aromatic N) is 1. The molecule has 0 unspecified atom stereocenters. The van der Waals surface area contributed by atoms with Gasteiger partial charge in [0.1, 0.15) is 0 Å². The Morgan fingerprint density at radius 1 is 1.36 bits per heavy atom. The van der Waals surface area contributed by atoms with E-state index in [0.717, 1.165) is 0 Å². The van der Waals surface area contributed by atoms with Gasteiger partial charge in [-0.1, -0.05) is 0 Å². The Morgan fingerprint density at radius 3 is 2.36 bits per heavy atom. The highest BCUT2D eigenvalue weighted by Crippen LogP contribution is 2.03. The molecule has 1 saturated heterocycles. The van der Waals surface area contributed by atoms with Crippen LogP contribution in [0.4, 0.5) is 0 Å². The first-order valence-electron chi connectivity index (χ1n) is 3.56. The molecule has 1 aliphatic rings. The minimum Gasteiger partial charge on any atom is -0.378 e. The van der Waals surface area contributed by atoms with Gasteiger partial charge in [0.05, 0.1) is 32.3 Å². The third-order valence-corrected chi connectivity index (χ3v) is 1.49. The van der Waals surface area contributed by atoms with E-state index >= 15 is 0 Å². The summed E-state index contributed by atoms with van der Waals surface area (Å²) in [6.45, 7) is 1.93. The lowest BCUT2D eigenvalue weighted by atomic mass is 10.2. The summed E-state index contributed by atoms with van der Waals surface area (Å²) in [6, 6.07) is 0. The fourth-order valence-electron chi connectivity index (χ4n) is 0.982. The highest BCUT2D eigenvalue weighted by Gasteiger charge is 2.17. The maximum absolute atomic E-state index is 10.1. The van der Waals surface area contributed by atoms with Crippen molar-refractivity contribution in [2.24, 2.45) is 5.92 Å². The van der Waals surface area contributed by atoms with Crippen molar-refractivity contribution >= 4 is 0 Å². The molecule has 0 aromatic carbocycles. The van der Waals surface area contributed by atoms with Gasteiger partial charge in [-0.3, -0.25) is 10.1 Å². The fraction of sp³-hybridized carbons (Fsp3) is 1.00. The normalized spacial score (nSPS) is 21.1. The average molecular weight is 161 g/mol. The Labute approximate surface area is 64.4 Å². The van der Waals surface area contributed by atoms with Gasteiger partial charge in [0, 0.05) is 4.92 Å². The first-order valence-corrected chi connectivity index (χ1v) is 3.56. The number of rotatable bonds is 2. The van der Waals surface area contributed by atoms with Gasteiger partial charge in [-0.05, 0) is 0 Å². The highest BCUT2D eigenvalue weighted by molar-refractivity contribution is 4.57. The number of nitro groups is 1. The first kappa shape index (κ1) is 8.42. The van der Waals surface area contributed by atoms with E-state index in [-0.39, 0.29) is 17.4 Å². The molecule has 0 aliphatic carbocycles. The molecule has 1 fully saturated rings. The van der Waals surface area contributed by atoms with Gasteiger partial charge in [-0.15, -0.1) is 0 Å². The molecule has 0 radical (unpaired) electrons. The fourth-order valence-corrected chi connectivity index (χ4v) is 0.982. The topological polar surface area (TPSA) is 61.6 Å². The van der Waals surface area contributed by atoms with Crippen LogP contribution in [0.3, 0.4) is 0 Å². The molecule has 0 aromatic heterocycles. The average Bonchev–Trinajstić information content (AvgIpc) is 2.14. The molecule has 0 spiro atoms. The lowest BCUT2D eigenvalue weighted by Crippen LogP contribution is -2.21. The van der Waals surface area contributed by atoms with E-state index in [9.17, 15) is 10.1 Å². The van der Waals surface area contributed by atoms with Crippen molar-refractivity contribution in [3.8, 4) is 0 Å². The molecule has 0 N–H and O–H groups in total. The number of hydrogen-bond acceptors (Lipinski definition) is 4. The molecule has 1 aliphatic heterocycles. The minimum absolute atomic E-state index is 0.0556. The van der Waals surface area contributed by atoms with Gasteiger partial charge in [0.2, 0.25) is 6.54 Å². The molecule has 1 rings (SSSR count). The van der Waals surface area contributed by atoms with Gasteiger partial charge in [-0.2, -0.15) is 0 Å². The Balaban J connectivity index is 2.25. The number of ether oxygens (including phenoxy) is 2. The highest BCUT2D eigenvalue weighted by atomic mass is 16.6. The van der Waals surface area contributed by atoms with Gasteiger partial charge in [-0.25, -0.2) is 0 Å². The van der Waals surface area contributed by atoms with Crippen LogP contribution < -0.4 is 0 Å². The number of hydrogen-bond donors (Lipinski definition) is 0. The van der Waals surface area contributed by atoms with Crippen LogP contribution in [0.2, 0.25) is 0 Å². The van der Waals surface area contributed by atoms with Crippen LogP contribution in [-0.4, -0.2) is 37.9 Å². The summed E-state index contributed by atoms with van der Waals surface area (Å²) in [4.78, 5) is 9.74. The van der Waals surface area contributed by atoms with Gasteiger partial charge in [0.25, 0.3) is 0 Å². The van der Waals surface area contributed by atoms with Crippen LogP contribution in [0.25, 0.3) is 0 Å². The molecule has 0 atom stereocenters. The second-order valence-corrected chi connectivity index (χ2v) is 2.53. The van der Waals surface area contributed by atoms with E-state index < -0.39 is 0 Å². The van der Waals surface area contributed by atoms with Crippen LogP contribution in [0.5, 0.6) is 0 Å². The van der Waals surface area contributed by atoms with E-state index in [0.29, 0.717) is 26.4 Å². The van der Waals surface area contributed by atoms with Crippen molar-refractivity contribution < 1.29 is 14.4 Å². The Bertz CT molecular complexity index is 131. The summed E-state index contributed by atoms with van der Waals surface area (Å²) in [5.74, 6) is -0.0764. The smallest absolute Gasteiger partial charge is 0.211 e. The summed E-state index contributed by atoms with van der Waals surface area (Å²) in [7, 11) is 0. The van der Waals surface area contributed by atoms with E-state index in [1.54, 1.807) is 0 Å². The zero-order chi connectivity index (χ0) is 8.10. The summed E-state index contributed by atoms with van der Waals surface area (Å²) in [5, 5.41) is 10.1. The molecule has 0 aromatic rings. The van der Waals surface area contributed by atoms with Crippen LogP contribution in [0.15, 0.2) is 0 Å². The zero-order valence-electron chi connectivity index (χ0n) is 6.19. The monoisotopic (exact) mass is 161 g/mol. The van der Waals surface area contributed by atoms with E-state index in [1.165, 1.54) is 0 Å². The van der Waals surface area contributed by atoms with E-state index in [2.05, 4.69) is 0 Å². The Kier molecular flexibility index (Phi) is 3.25.